The second-order valence-corrected chi connectivity index (χ2v) is 3.78. The molecule has 1 unspecified atom stereocenters. The zero-order chi connectivity index (χ0) is 12.3. The number of amides is 1. The van der Waals surface area contributed by atoms with Gasteiger partial charge in [0.25, 0.3) is 5.91 Å². The van der Waals surface area contributed by atoms with Crippen LogP contribution in [-0.2, 0) is 9.53 Å². The molecule has 0 aliphatic rings. The molecule has 17 heavy (non-hydrogen) atoms. The number of carbonyl (C=O) groups excluding carboxylic acids is 1. The monoisotopic (exact) mass is 230 g/mol. The Labute approximate surface area is 99.6 Å². The average molecular weight is 230 g/mol. The van der Waals surface area contributed by atoms with Gasteiger partial charge in [-0.25, -0.2) is 0 Å². The first-order valence-corrected chi connectivity index (χ1v) is 5.39. The first-order valence-electron chi connectivity index (χ1n) is 5.39. The lowest BCUT2D eigenvalue weighted by Crippen LogP contribution is -2.26. The van der Waals surface area contributed by atoms with Crippen molar-refractivity contribution in [3.05, 3.63) is 36.5 Å². The number of ether oxygens (including phenoxy) is 1. The van der Waals surface area contributed by atoms with Crippen LogP contribution in [0.3, 0.4) is 0 Å². The maximum Gasteiger partial charge on any atom is 0.253 e. The molecule has 88 valence electrons. The third-order valence-electron chi connectivity index (χ3n) is 2.58. The van der Waals surface area contributed by atoms with Gasteiger partial charge in [0.2, 0.25) is 0 Å². The highest BCUT2D eigenvalue weighted by molar-refractivity contribution is 5.95. The van der Waals surface area contributed by atoms with Gasteiger partial charge in [-0.15, -0.1) is 0 Å². The molecule has 0 aliphatic heterocycles. The van der Waals surface area contributed by atoms with Crippen molar-refractivity contribution >= 4 is 22.5 Å². The van der Waals surface area contributed by atoms with Gasteiger partial charge >= 0.3 is 0 Å². The van der Waals surface area contributed by atoms with Gasteiger partial charge in [-0.2, -0.15) is 0 Å². The predicted octanol–water partition coefficient (Wildman–Crippen LogP) is 2.21. The molecule has 1 atom stereocenters. The minimum atomic E-state index is -0.471. The van der Waals surface area contributed by atoms with Crippen molar-refractivity contribution in [1.29, 1.82) is 0 Å². The highest BCUT2D eigenvalue weighted by Crippen LogP contribution is 2.16. The maximum atomic E-state index is 11.6. The van der Waals surface area contributed by atoms with Crippen LogP contribution in [-0.4, -0.2) is 24.1 Å². The number of pyridine rings is 1. The molecular weight excluding hydrogens is 216 g/mol. The SMILES string of the molecule is COC(C)C(=O)Nc1cnc2ccccc2c1. The molecule has 0 saturated heterocycles. The second kappa shape index (κ2) is 4.93. The Bertz CT molecular complexity index is 540. The first kappa shape index (κ1) is 11.5. The Balaban J connectivity index is 2.22. The zero-order valence-corrected chi connectivity index (χ0v) is 9.81. The maximum absolute atomic E-state index is 11.6. The van der Waals surface area contributed by atoms with Crippen LogP contribution in [0.1, 0.15) is 6.92 Å². The lowest BCUT2D eigenvalue weighted by atomic mass is 10.2. The lowest BCUT2D eigenvalue weighted by Gasteiger charge is -2.10. The lowest BCUT2D eigenvalue weighted by molar-refractivity contribution is -0.124. The van der Waals surface area contributed by atoms with Crippen molar-refractivity contribution in [2.45, 2.75) is 13.0 Å². The highest BCUT2D eigenvalue weighted by atomic mass is 16.5. The highest BCUT2D eigenvalue weighted by Gasteiger charge is 2.11. The molecule has 1 N–H and O–H groups in total. The quantitative estimate of drug-likeness (QED) is 0.879. The Morgan fingerprint density at radius 3 is 2.94 bits per heavy atom. The van der Waals surface area contributed by atoms with Crippen molar-refractivity contribution in [2.75, 3.05) is 12.4 Å². The van der Waals surface area contributed by atoms with Gasteiger partial charge in [-0.3, -0.25) is 9.78 Å². The number of hydrogen-bond donors (Lipinski definition) is 1. The van der Waals surface area contributed by atoms with Crippen LogP contribution >= 0.6 is 0 Å². The third kappa shape index (κ3) is 2.60. The van der Waals surface area contributed by atoms with Crippen LogP contribution in [0.15, 0.2) is 36.5 Å². The fourth-order valence-corrected chi connectivity index (χ4v) is 1.49. The van der Waals surface area contributed by atoms with E-state index in [-0.39, 0.29) is 5.91 Å². The molecule has 0 fully saturated rings. The van der Waals surface area contributed by atoms with Crippen molar-refractivity contribution < 1.29 is 9.53 Å². The number of nitrogens with zero attached hydrogens (tertiary/aromatic N) is 1. The summed E-state index contributed by atoms with van der Waals surface area (Å²) >= 11 is 0. The number of nitrogens with one attached hydrogen (secondary N) is 1. The van der Waals surface area contributed by atoms with Crippen molar-refractivity contribution in [2.24, 2.45) is 0 Å². The summed E-state index contributed by atoms with van der Waals surface area (Å²) < 4.78 is 4.94. The molecule has 0 radical (unpaired) electrons. The van der Waals surface area contributed by atoms with Crippen LogP contribution in [0, 0.1) is 0 Å². The van der Waals surface area contributed by atoms with E-state index in [1.54, 1.807) is 13.1 Å². The molecule has 1 amide bonds. The summed E-state index contributed by atoms with van der Waals surface area (Å²) in [7, 11) is 1.50. The van der Waals surface area contributed by atoms with E-state index in [0.717, 1.165) is 10.9 Å². The van der Waals surface area contributed by atoms with Crippen LogP contribution in [0.2, 0.25) is 0 Å². The van der Waals surface area contributed by atoms with Crippen LogP contribution in [0.25, 0.3) is 10.9 Å². The van der Waals surface area contributed by atoms with E-state index in [0.29, 0.717) is 5.69 Å². The second-order valence-electron chi connectivity index (χ2n) is 3.78. The molecule has 2 aromatic rings. The van der Waals surface area contributed by atoms with E-state index in [4.69, 9.17) is 4.74 Å². The van der Waals surface area contributed by atoms with E-state index in [9.17, 15) is 4.79 Å². The Morgan fingerprint density at radius 2 is 2.18 bits per heavy atom. The number of para-hydroxylation sites is 1. The molecule has 2 rings (SSSR count). The predicted molar refractivity (Wildman–Crippen MR) is 66.8 cm³/mol. The van der Waals surface area contributed by atoms with E-state index in [1.165, 1.54) is 7.11 Å². The summed E-state index contributed by atoms with van der Waals surface area (Å²) in [4.78, 5) is 15.9. The summed E-state index contributed by atoms with van der Waals surface area (Å²) in [6.45, 7) is 1.70. The summed E-state index contributed by atoms with van der Waals surface area (Å²) in [5.74, 6) is -0.176. The summed E-state index contributed by atoms with van der Waals surface area (Å²) in [6.07, 6.45) is 1.17. The molecular formula is C13H14N2O2. The van der Waals surface area contributed by atoms with Gasteiger partial charge in [-0.05, 0) is 19.1 Å². The van der Waals surface area contributed by atoms with Gasteiger partial charge in [0.05, 0.1) is 17.4 Å². The molecule has 0 bridgehead atoms. The standard InChI is InChI=1S/C13H14N2O2/c1-9(17-2)13(16)15-11-7-10-5-3-4-6-12(10)14-8-11/h3-9H,1-2H3,(H,15,16). The average Bonchev–Trinajstić information content (AvgIpc) is 2.37. The number of rotatable bonds is 3. The van der Waals surface area contributed by atoms with Crippen molar-refractivity contribution in [3.8, 4) is 0 Å². The Hall–Kier alpha value is -1.94. The topological polar surface area (TPSA) is 51.2 Å². The molecule has 4 heteroatoms. The Kier molecular flexibility index (Phi) is 3.35. The number of anilines is 1. The van der Waals surface area contributed by atoms with Gasteiger partial charge in [0.15, 0.2) is 0 Å². The number of hydrogen-bond acceptors (Lipinski definition) is 3. The zero-order valence-electron chi connectivity index (χ0n) is 9.81. The van der Waals surface area contributed by atoms with E-state index < -0.39 is 6.10 Å². The molecule has 0 spiro atoms. The van der Waals surface area contributed by atoms with Crippen LogP contribution in [0.5, 0.6) is 0 Å². The fourth-order valence-electron chi connectivity index (χ4n) is 1.49. The molecule has 1 aromatic heterocycles. The van der Waals surface area contributed by atoms with Crippen molar-refractivity contribution in [3.63, 3.8) is 0 Å². The van der Waals surface area contributed by atoms with Gasteiger partial charge < -0.3 is 10.1 Å². The molecule has 1 aromatic carbocycles. The number of carbonyl (C=O) groups is 1. The molecule has 1 heterocycles. The summed E-state index contributed by atoms with van der Waals surface area (Å²) in [6, 6.07) is 9.65. The van der Waals surface area contributed by atoms with Crippen LogP contribution in [0.4, 0.5) is 5.69 Å². The smallest absolute Gasteiger partial charge is 0.253 e. The molecule has 0 saturated carbocycles. The normalized spacial score (nSPS) is 12.4. The van der Waals surface area contributed by atoms with E-state index in [1.807, 2.05) is 30.3 Å². The summed E-state index contributed by atoms with van der Waals surface area (Å²) in [5, 5.41) is 3.75. The fraction of sp³-hybridized carbons (Fsp3) is 0.231. The van der Waals surface area contributed by atoms with Gasteiger partial charge in [-0.1, -0.05) is 18.2 Å². The largest absolute Gasteiger partial charge is 0.372 e. The summed E-state index contributed by atoms with van der Waals surface area (Å²) in [5.41, 5.74) is 1.59. The number of benzene rings is 1. The third-order valence-corrected chi connectivity index (χ3v) is 2.58. The number of methoxy groups -OCH3 is 1. The van der Waals surface area contributed by atoms with Gasteiger partial charge in [0, 0.05) is 12.5 Å². The van der Waals surface area contributed by atoms with E-state index in [2.05, 4.69) is 10.3 Å². The molecule has 0 aliphatic carbocycles. The minimum Gasteiger partial charge on any atom is -0.372 e. The Morgan fingerprint density at radius 1 is 1.41 bits per heavy atom. The van der Waals surface area contributed by atoms with Crippen LogP contribution < -0.4 is 5.32 Å². The van der Waals surface area contributed by atoms with E-state index >= 15 is 0 Å². The first-order chi connectivity index (χ1) is 8.20. The molecule has 4 nitrogen and oxygen atoms in total. The van der Waals surface area contributed by atoms with Crippen molar-refractivity contribution in [1.82, 2.24) is 4.98 Å². The number of fused-ring (bicyclic) bond motifs is 1. The van der Waals surface area contributed by atoms with Gasteiger partial charge in [0.1, 0.15) is 6.10 Å². The minimum absolute atomic E-state index is 0.176. The number of aromatic nitrogens is 1.